The molecule has 136 valence electrons. The van der Waals surface area contributed by atoms with Crippen molar-refractivity contribution in [3.8, 4) is 0 Å². The molecule has 0 aromatic carbocycles. The van der Waals surface area contributed by atoms with Gasteiger partial charge >= 0.3 is 0 Å². The van der Waals surface area contributed by atoms with Crippen molar-refractivity contribution in [1.29, 1.82) is 0 Å². The number of likely N-dealkylation sites (N-methyl/N-ethyl adjacent to an activating group) is 1. The van der Waals surface area contributed by atoms with Crippen molar-refractivity contribution in [2.75, 3.05) is 33.3 Å². The molecule has 0 saturated heterocycles. The molecule has 0 saturated carbocycles. The van der Waals surface area contributed by atoms with Crippen molar-refractivity contribution in [3.63, 3.8) is 0 Å². The molecule has 2 amide bonds. The maximum atomic E-state index is 12.5. The Morgan fingerprint density at radius 1 is 1.46 bits per heavy atom. The molecule has 2 N–H and O–H groups in total. The Kier molecular flexibility index (Phi) is 6.89. The zero-order chi connectivity index (χ0) is 18.5. The number of nitro groups is 1. The molecule has 0 radical (unpaired) electrons. The topological polar surface area (TPSA) is 113 Å². The molecule has 1 aliphatic rings. The van der Waals surface area contributed by atoms with E-state index in [1.165, 1.54) is 4.90 Å². The standard InChI is InChI=1S/C16H27N3O5/c1-11(14(21)17-7-10-20)13-5-6-16(13,3)12(2)15(22)18(4)8-9-19(23)24/h5-6,11-13,20H,7-10H2,1-4H3,(H,17,21). The highest BCUT2D eigenvalue weighted by Crippen LogP contribution is 2.49. The van der Waals surface area contributed by atoms with Gasteiger partial charge in [0.05, 0.1) is 13.2 Å². The summed E-state index contributed by atoms with van der Waals surface area (Å²) >= 11 is 0. The molecule has 24 heavy (non-hydrogen) atoms. The lowest BCUT2D eigenvalue weighted by Crippen LogP contribution is -2.50. The normalized spacial score (nSPS) is 24.6. The molecule has 0 fully saturated rings. The number of allylic oxidation sites excluding steroid dienone is 2. The molecular weight excluding hydrogens is 314 g/mol. The maximum Gasteiger partial charge on any atom is 0.226 e. The minimum Gasteiger partial charge on any atom is -0.395 e. The Morgan fingerprint density at radius 3 is 2.54 bits per heavy atom. The summed E-state index contributed by atoms with van der Waals surface area (Å²) in [6.45, 7) is 5.38. The van der Waals surface area contributed by atoms with Crippen molar-refractivity contribution in [2.24, 2.45) is 23.2 Å². The quantitative estimate of drug-likeness (QED) is 0.356. The van der Waals surface area contributed by atoms with Crippen LogP contribution in [0.4, 0.5) is 0 Å². The van der Waals surface area contributed by atoms with Gasteiger partial charge in [0.25, 0.3) is 0 Å². The van der Waals surface area contributed by atoms with Gasteiger partial charge in [-0.2, -0.15) is 0 Å². The lowest BCUT2D eigenvalue weighted by atomic mass is 9.57. The second-order valence-electron chi connectivity index (χ2n) is 6.59. The zero-order valence-corrected chi connectivity index (χ0v) is 14.7. The largest absolute Gasteiger partial charge is 0.395 e. The van der Waals surface area contributed by atoms with Crippen LogP contribution in [-0.4, -0.2) is 60.0 Å². The third-order valence-electron chi connectivity index (χ3n) is 5.04. The lowest BCUT2D eigenvalue weighted by molar-refractivity contribution is -0.479. The number of nitrogens with one attached hydrogen (secondary N) is 1. The second-order valence-corrected chi connectivity index (χ2v) is 6.59. The predicted molar refractivity (Wildman–Crippen MR) is 88.7 cm³/mol. The van der Waals surface area contributed by atoms with E-state index in [0.717, 1.165) is 0 Å². The molecule has 0 spiro atoms. The molecule has 0 aromatic heterocycles. The molecule has 0 heterocycles. The van der Waals surface area contributed by atoms with Crippen molar-refractivity contribution in [1.82, 2.24) is 10.2 Å². The van der Waals surface area contributed by atoms with Gasteiger partial charge in [-0.15, -0.1) is 0 Å². The van der Waals surface area contributed by atoms with Gasteiger partial charge in [-0.05, 0) is 5.92 Å². The summed E-state index contributed by atoms with van der Waals surface area (Å²) in [6, 6.07) is 0. The highest BCUT2D eigenvalue weighted by Gasteiger charge is 2.48. The van der Waals surface area contributed by atoms with E-state index in [-0.39, 0.29) is 49.9 Å². The summed E-state index contributed by atoms with van der Waals surface area (Å²) in [5.74, 6) is -1.15. The van der Waals surface area contributed by atoms with Gasteiger partial charge < -0.3 is 15.3 Å². The van der Waals surface area contributed by atoms with Crippen LogP contribution < -0.4 is 5.32 Å². The summed E-state index contributed by atoms with van der Waals surface area (Å²) in [5, 5.41) is 21.9. The van der Waals surface area contributed by atoms with E-state index in [4.69, 9.17) is 5.11 Å². The number of nitrogens with zero attached hydrogens (tertiary/aromatic N) is 2. The first-order chi connectivity index (χ1) is 11.1. The van der Waals surface area contributed by atoms with Crippen LogP contribution in [0.2, 0.25) is 0 Å². The van der Waals surface area contributed by atoms with Gasteiger partial charge in [-0.1, -0.05) is 32.9 Å². The Bertz CT molecular complexity index is 522. The number of aliphatic hydroxyl groups is 1. The molecule has 0 aliphatic heterocycles. The molecule has 0 aromatic rings. The van der Waals surface area contributed by atoms with Crippen LogP contribution in [0.25, 0.3) is 0 Å². The van der Waals surface area contributed by atoms with Gasteiger partial charge in [0, 0.05) is 35.8 Å². The van der Waals surface area contributed by atoms with Gasteiger partial charge in [-0.3, -0.25) is 19.7 Å². The Morgan fingerprint density at radius 2 is 2.08 bits per heavy atom. The van der Waals surface area contributed by atoms with Crippen molar-refractivity contribution < 1.29 is 19.6 Å². The van der Waals surface area contributed by atoms with Gasteiger partial charge in [-0.25, -0.2) is 0 Å². The summed E-state index contributed by atoms with van der Waals surface area (Å²) in [6.07, 6.45) is 3.85. The smallest absolute Gasteiger partial charge is 0.226 e. The summed E-state index contributed by atoms with van der Waals surface area (Å²) < 4.78 is 0. The summed E-state index contributed by atoms with van der Waals surface area (Å²) in [5.41, 5.74) is -0.476. The Hall–Kier alpha value is -1.96. The van der Waals surface area contributed by atoms with Crippen LogP contribution >= 0.6 is 0 Å². The molecule has 1 rings (SSSR count). The number of rotatable bonds is 9. The average molecular weight is 341 g/mol. The van der Waals surface area contributed by atoms with Gasteiger partial charge in [0.1, 0.15) is 0 Å². The van der Waals surface area contributed by atoms with Crippen LogP contribution in [0.15, 0.2) is 12.2 Å². The highest BCUT2D eigenvalue weighted by atomic mass is 16.6. The van der Waals surface area contributed by atoms with E-state index in [1.807, 2.05) is 19.1 Å². The Balaban J connectivity index is 2.73. The van der Waals surface area contributed by atoms with Gasteiger partial charge in [0.15, 0.2) is 0 Å². The monoisotopic (exact) mass is 341 g/mol. The number of amides is 2. The first-order valence-electron chi connectivity index (χ1n) is 8.09. The number of hydrogen-bond acceptors (Lipinski definition) is 5. The Labute approximate surface area is 142 Å². The number of hydrogen-bond donors (Lipinski definition) is 2. The predicted octanol–water partition coefficient (Wildman–Crippen LogP) is 0.295. The van der Waals surface area contributed by atoms with E-state index >= 15 is 0 Å². The fourth-order valence-electron chi connectivity index (χ4n) is 3.09. The highest BCUT2D eigenvalue weighted by molar-refractivity contribution is 5.82. The molecular formula is C16H27N3O5. The molecule has 4 atom stereocenters. The fraction of sp³-hybridized carbons (Fsp3) is 0.750. The van der Waals surface area contributed by atoms with Crippen LogP contribution in [0.1, 0.15) is 20.8 Å². The fourth-order valence-corrected chi connectivity index (χ4v) is 3.09. The van der Waals surface area contributed by atoms with E-state index in [9.17, 15) is 19.7 Å². The van der Waals surface area contributed by atoms with E-state index in [1.54, 1.807) is 20.9 Å². The van der Waals surface area contributed by atoms with Crippen LogP contribution in [-0.2, 0) is 9.59 Å². The second kappa shape index (κ2) is 8.23. The van der Waals surface area contributed by atoms with Crippen LogP contribution in [0.5, 0.6) is 0 Å². The number of carbonyl (C=O) groups is 2. The average Bonchev–Trinajstić information content (AvgIpc) is 2.53. The molecule has 0 bridgehead atoms. The SMILES string of the molecule is CC(C(=O)NCCO)C1C=CC1(C)C(C)C(=O)N(C)CC[N+](=O)[O-]. The third kappa shape index (κ3) is 4.31. The third-order valence-corrected chi connectivity index (χ3v) is 5.04. The van der Waals surface area contributed by atoms with Crippen LogP contribution in [0.3, 0.4) is 0 Å². The number of carbonyl (C=O) groups excluding carboxylic acids is 2. The van der Waals surface area contributed by atoms with Gasteiger partial charge in [0.2, 0.25) is 18.4 Å². The molecule has 8 heteroatoms. The first kappa shape index (κ1) is 20.1. The van der Waals surface area contributed by atoms with Crippen LogP contribution in [0, 0.1) is 33.3 Å². The molecule has 4 unspecified atom stereocenters. The zero-order valence-electron chi connectivity index (χ0n) is 14.7. The molecule has 1 aliphatic carbocycles. The summed E-state index contributed by atoms with van der Waals surface area (Å²) in [4.78, 5) is 36.0. The lowest BCUT2D eigenvalue weighted by Gasteiger charge is -2.47. The van der Waals surface area contributed by atoms with Crippen molar-refractivity contribution in [3.05, 3.63) is 22.3 Å². The summed E-state index contributed by atoms with van der Waals surface area (Å²) in [7, 11) is 1.56. The van der Waals surface area contributed by atoms with E-state index in [2.05, 4.69) is 5.32 Å². The maximum absolute atomic E-state index is 12.5. The van der Waals surface area contributed by atoms with E-state index in [0.29, 0.717) is 0 Å². The minimum absolute atomic E-state index is 0.0627. The molecule has 8 nitrogen and oxygen atoms in total. The van der Waals surface area contributed by atoms with Crippen molar-refractivity contribution >= 4 is 11.8 Å². The minimum atomic E-state index is -0.476. The number of aliphatic hydroxyl groups excluding tert-OH is 1. The first-order valence-corrected chi connectivity index (χ1v) is 8.09. The van der Waals surface area contributed by atoms with Crippen molar-refractivity contribution in [2.45, 2.75) is 20.8 Å². The van der Waals surface area contributed by atoms with E-state index < -0.39 is 16.3 Å².